The number of Topliss-reactive ketones (excluding diaryl/α,β-unsaturated/α-hetero) is 1. The highest BCUT2D eigenvalue weighted by molar-refractivity contribution is 14.1. The lowest BCUT2D eigenvalue weighted by Gasteiger charge is -2.11. The van der Waals surface area contributed by atoms with Crippen LogP contribution in [0.25, 0.3) is 0 Å². The molecule has 0 amide bonds. The van der Waals surface area contributed by atoms with Crippen molar-refractivity contribution < 1.29 is 9.18 Å². The topological polar surface area (TPSA) is 17.1 Å². The van der Waals surface area contributed by atoms with Crippen molar-refractivity contribution >= 4 is 28.4 Å². The van der Waals surface area contributed by atoms with Gasteiger partial charge in [-0.05, 0) is 37.1 Å². The van der Waals surface area contributed by atoms with Crippen molar-refractivity contribution in [2.24, 2.45) is 5.92 Å². The summed E-state index contributed by atoms with van der Waals surface area (Å²) in [4.78, 5) is 12.0. The molecule has 0 N–H and O–H groups in total. The van der Waals surface area contributed by atoms with E-state index in [4.69, 9.17) is 0 Å². The first-order valence-corrected chi connectivity index (χ1v) is 6.57. The molecule has 0 fully saturated rings. The minimum absolute atomic E-state index is 0.0763. The van der Waals surface area contributed by atoms with Crippen molar-refractivity contribution in [1.29, 1.82) is 0 Å². The maximum Gasteiger partial charge on any atom is 0.165 e. The second-order valence-corrected chi connectivity index (χ2v) is 4.53. The molecule has 1 unspecified atom stereocenters. The lowest BCUT2D eigenvalue weighted by atomic mass is 9.93. The third kappa shape index (κ3) is 3.55. The molecule has 0 radical (unpaired) electrons. The SMILES string of the molecule is CCC(CCI)C(=O)c1ccc(F)cc1. The van der Waals surface area contributed by atoms with Crippen LogP contribution in [0.2, 0.25) is 0 Å². The van der Waals surface area contributed by atoms with Gasteiger partial charge in [0.05, 0.1) is 0 Å². The molecule has 1 nitrogen and oxygen atoms in total. The fourth-order valence-electron chi connectivity index (χ4n) is 1.50. The molecular formula is C12H14FIO. The smallest absolute Gasteiger partial charge is 0.165 e. The average molecular weight is 320 g/mol. The quantitative estimate of drug-likeness (QED) is 0.457. The fourth-order valence-corrected chi connectivity index (χ4v) is 2.25. The zero-order valence-corrected chi connectivity index (χ0v) is 10.8. The number of benzene rings is 1. The summed E-state index contributed by atoms with van der Waals surface area (Å²) < 4.78 is 13.6. The van der Waals surface area contributed by atoms with Crippen LogP contribution in [0.1, 0.15) is 30.1 Å². The fraction of sp³-hybridized carbons (Fsp3) is 0.417. The molecule has 0 saturated carbocycles. The van der Waals surface area contributed by atoms with Crippen molar-refractivity contribution in [2.45, 2.75) is 19.8 Å². The third-order valence-electron chi connectivity index (χ3n) is 2.45. The van der Waals surface area contributed by atoms with Gasteiger partial charge in [-0.3, -0.25) is 4.79 Å². The Kier molecular flexibility index (Phi) is 5.22. The molecule has 1 rings (SSSR count). The molecule has 1 atom stereocenters. The minimum Gasteiger partial charge on any atom is -0.294 e. The van der Waals surface area contributed by atoms with Gasteiger partial charge >= 0.3 is 0 Å². The van der Waals surface area contributed by atoms with Gasteiger partial charge < -0.3 is 0 Å². The molecule has 82 valence electrons. The van der Waals surface area contributed by atoms with Gasteiger partial charge in [0.15, 0.2) is 5.78 Å². The first kappa shape index (κ1) is 12.6. The summed E-state index contributed by atoms with van der Waals surface area (Å²) >= 11 is 2.27. The summed E-state index contributed by atoms with van der Waals surface area (Å²) in [7, 11) is 0. The standard InChI is InChI=1S/C12H14FIO/c1-2-9(7-8-14)12(15)10-3-5-11(13)6-4-10/h3-6,9H,2,7-8H2,1H3. The van der Waals surface area contributed by atoms with Crippen molar-refractivity contribution in [3.05, 3.63) is 35.6 Å². The van der Waals surface area contributed by atoms with Gasteiger partial charge in [0, 0.05) is 15.9 Å². The number of hydrogen-bond donors (Lipinski definition) is 0. The van der Waals surface area contributed by atoms with Gasteiger partial charge in [0.1, 0.15) is 5.82 Å². The van der Waals surface area contributed by atoms with Crippen LogP contribution < -0.4 is 0 Å². The normalized spacial score (nSPS) is 12.5. The average Bonchev–Trinajstić information content (AvgIpc) is 2.26. The Morgan fingerprint density at radius 2 is 2.00 bits per heavy atom. The second kappa shape index (κ2) is 6.20. The molecule has 1 aromatic carbocycles. The summed E-state index contributed by atoms with van der Waals surface area (Å²) in [5, 5.41) is 0. The lowest BCUT2D eigenvalue weighted by molar-refractivity contribution is 0.0914. The zero-order valence-electron chi connectivity index (χ0n) is 8.67. The Bertz CT molecular complexity index is 321. The Balaban J connectivity index is 2.78. The summed E-state index contributed by atoms with van der Waals surface area (Å²) in [6.45, 7) is 2.01. The molecule has 15 heavy (non-hydrogen) atoms. The predicted octanol–water partition coefficient (Wildman–Crippen LogP) is 3.86. The van der Waals surface area contributed by atoms with E-state index in [1.807, 2.05) is 6.92 Å². The molecule has 0 aliphatic rings. The van der Waals surface area contributed by atoms with Crippen molar-refractivity contribution in [1.82, 2.24) is 0 Å². The molecule has 0 bridgehead atoms. The molecule has 0 spiro atoms. The third-order valence-corrected chi connectivity index (χ3v) is 3.07. The van der Waals surface area contributed by atoms with Gasteiger partial charge in [-0.15, -0.1) is 0 Å². The molecule has 1 aromatic rings. The van der Waals surface area contributed by atoms with Gasteiger partial charge in [0.2, 0.25) is 0 Å². The summed E-state index contributed by atoms with van der Waals surface area (Å²) in [6, 6.07) is 5.80. The van der Waals surface area contributed by atoms with Crippen LogP contribution in [0.4, 0.5) is 4.39 Å². The summed E-state index contributed by atoms with van der Waals surface area (Å²) in [5.74, 6) is -0.0879. The first-order chi connectivity index (χ1) is 7.19. The van der Waals surface area contributed by atoms with Crippen LogP contribution >= 0.6 is 22.6 Å². The number of halogens is 2. The Hall–Kier alpha value is -0.450. The minimum atomic E-state index is -0.298. The molecule has 0 aliphatic carbocycles. The van der Waals surface area contributed by atoms with E-state index in [-0.39, 0.29) is 17.5 Å². The van der Waals surface area contributed by atoms with Gasteiger partial charge in [-0.2, -0.15) is 0 Å². The number of hydrogen-bond acceptors (Lipinski definition) is 1. The summed E-state index contributed by atoms with van der Waals surface area (Å²) in [5.41, 5.74) is 0.619. The molecule has 0 saturated heterocycles. The van der Waals surface area contributed by atoms with Crippen molar-refractivity contribution in [3.8, 4) is 0 Å². The maximum absolute atomic E-state index is 12.7. The van der Waals surface area contributed by atoms with E-state index in [9.17, 15) is 9.18 Å². The summed E-state index contributed by atoms with van der Waals surface area (Å²) in [6.07, 6.45) is 1.74. The highest BCUT2D eigenvalue weighted by atomic mass is 127. The van der Waals surface area contributed by atoms with Crippen molar-refractivity contribution in [3.63, 3.8) is 0 Å². The lowest BCUT2D eigenvalue weighted by Crippen LogP contribution is -2.14. The van der Waals surface area contributed by atoms with E-state index < -0.39 is 0 Å². The second-order valence-electron chi connectivity index (χ2n) is 3.45. The molecule has 0 heterocycles. The number of rotatable bonds is 5. The zero-order chi connectivity index (χ0) is 11.3. The molecule has 0 aromatic heterocycles. The van der Waals surface area contributed by atoms with E-state index in [1.54, 1.807) is 12.1 Å². The predicted molar refractivity (Wildman–Crippen MR) is 68.0 cm³/mol. The van der Waals surface area contributed by atoms with Crippen LogP contribution in [-0.4, -0.2) is 10.2 Å². The van der Waals surface area contributed by atoms with E-state index in [1.165, 1.54) is 12.1 Å². The van der Waals surface area contributed by atoms with E-state index in [0.717, 1.165) is 17.3 Å². The molecule has 3 heteroatoms. The van der Waals surface area contributed by atoms with Crippen molar-refractivity contribution in [2.75, 3.05) is 4.43 Å². The molecule has 0 aliphatic heterocycles. The number of ketones is 1. The molecular weight excluding hydrogens is 306 g/mol. The van der Waals surface area contributed by atoms with Crippen LogP contribution in [0.3, 0.4) is 0 Å². The largest absolute Gasteiger partial charge is 0.294 e. The van der Waals surface area contributed by atoms with Gasteiger partial charge in [-0.25, -0.2) is 4.39 Å². The monoisotopic (exact) mass is 320 g/mol. The maximum atomic E-state index is 12.7. The number of alkyl halides is 1. The highest BCUT2D eigenvalue weighted by Gasteiger charge is 2.17. The van der Waals surface area contributed by atoms with Crippen LogP contribution in [-0.2, 0) is 0 Å². The van der Waals surface area contributed by atoms with Crippen LogP contribution in [0.15, 0.2) is 24.3 Å². The Morgan fingerprint density at radius 3 is 2.47 bits per heavy atom. The van der Waals surface area contributed by atoms with E-state index in [0.29, 0.717) is 5.56 Å². The number of carbonyl (C=O) groups is 1. The number of carbonyl (C=O) groups excluding carboxylic acids is 1. The van der Waals surface area contributed by atoms with Gasteiger partial charge in [0.25, 0.3) is 0 Å². The van der Waals surface area contributed by atoms with Crippen LogP contribution in [0, 0.1) is 11.7 Å². The van der Waals surface area contributed by atoms with Crippen LogP contribution in [0.5, 0.6) is 0 Å². The highest BCUT2D eigenvalue weighted by Crippen LogP contribution is 2.17. The Morgan fingerprint density at radius 1 is 1.40 bits per heavy atom. The Labute approximate surface area is 103 Å². The van der Waals surface area contributed by atoms with Gasteiger partial charge in [-0.1, -0.05) is 29.5 Å². The first-order valence-electron chi connectivity index (χ1n) is 5.04. The van der Waals surface area contributed by atoms with E-state index >= 15 is 0 Å². The van der Waals surface area contributed by atoms with E-state index in [2.05, 4.69) is 22.6 Å².